The first kappa shape index (κ1) is 20.3. The number of aryl methyl sites for hydroxylation is 1. The van der Waals surface area contributed by atoms with Gasteiger partial charge in [-0.15, -0.1) is 0 Å². The van der Waals surface area contributed by atoms with E-state index < -0.39 is 0 Å². The Bertz CT molecular complexity index is 877. The fourth-order valence-corrected chi connectivity index (χ4v) is 4.52. The summed E-state index contributed by atoms with van der Waals surface area (Å²) in [7, 11) is 1.54. The highest BCUT2D eigenvalue weighted by Crippen LogP contribution is 2.49. The van der Waals surface area contributed by atoms with E-state index in [1.54, 1.807) is 7.11 Å². The Hall–Kier alpha value is -2.96. The van der Waals surface area contributed by atoms with E-state index in [1.165, 1.54) is 18.0 Å². The van der Waals surface area contributed by atoms with E-state index in [-0.39, 0.29) is 29.1 Å². The number of methoxy groups -OCH3 is 1. The Labute approximate surface area is 176 Å². The van der Waals surface area contributed by atoms with Gasteiger partial charge in [-0.1, -0.05) is 30.3 Å². The smallest absolute Gasteiger partial charge is 0.291 e. The topological polar surface area (TPSA) is 84.4 Å². The monoisotopic (exact) mass is 408 g/mol. The van der Waals surface area contributed by atoms with Gasteiger partial charge in [0, 0.05) is 25.6 Å². The molecule has 0 radical (unpaired) electrons. The zero-order chi connectivity index (χ0) is 21.0. The number of aromatic nitrogens is 2. The first-order valence-electron chi connectivity index (χ1n) is 10.6. The van der Waals surface area contributed by atoms with Crippen LogP contribution in [0.4, 0.5) is 0 Å². The predicted octanol–water partition coefficient (Wildman–Crippen LogP) is 2.62. The third kappa shape index (κ3) is 4.30. The lowest BCUT2D eigenvalue weighted by Gasteiger charge is -2.54. The van der Waals surface area contributed by atoms with E-state index in [1.807, 2.05) is 23.1 Å². The molecule has 4 rings (SSSR count). The zero-order valence-electron chi connectivity index (χ0n) is 17.3. The van der Waals surface area contributed by atoms with Crippen LogP contribution in [-0.4, -0.2) is 52.9 Å². The van der Waals surface area contributed by atoms with Gasteiger partial charge in [-0.2, -0.15) is 0 Å². The summed E-state index contributed by atoms with van der Waals surface area (Å²) in [6, 6.07) is 10.3. The van der Waals surface area contributed by atoms with Crippen LogP contribution in [0.1, 0.15) is 48.3 Å². The van der Waals surface area contributed by atoms with E-state index in [9.17, 15) is 9.59 Å². The SMILES string of the molecule is COc1cnc(C(=O)N2CCC3(CCC3NC(=O)CCc3ccccc3)CC2)nc1. The van der Waals surface area contributed by atoms with E-state index in [0.29, 0.717) is 25.3 Å². The molecule has 2 heterocycles. The highest BCUT2D eigenvalue weighted by molar-refractivity contribution is 5.90. The number of likely N-dealkylation sites (tertiary alicyclic amines) is 1. The van der Waals surface area contributed by atoms with Crippen molar-refractivity contribution in [3.63, 3.8) is 0 Å². The maximum absolute atomic E-state index is 12.7. The molecule has 1 N–H and O–H groups in total. The summed E-state index contributed by atoms with van der Waals surface area (Å²) in [6.45, 7) is 1.34. The van der Waals surface area contributed by atoms with Crippen LogP contribution in [0.2, 0.25) is 0 Å². The first-order valence-corrected chi connectivity index (χ1v) is 10.6. The Kier molecular flexibility index (Phi) is 5.97. The number of piperidine rings is 1. The molecule has 1 aromatic heterocycles. The molecule has 1 saturated carbocycles. The molecule has 2 aromatic rings. The summed E-state index contributed by atoms with van der Waals surface area (Å²) in [6.07, 6.45) is 8.23. The molecule has 158 valence electrons. The van der Waals surface area contributed by atoms with Crippen molar-refractivity contribution in [2.75, 3.05) is 20.2 Å². The average molecular weight is 409 g/mol. The first-order chi connectivity index (χ1) is 14.6. The molecule has 1 aliphatic carbocycles. The van der Waals surface area contributed by atoms with Crippen molar-refractivity contribution in [2.24, 2.45) is 5.41 Å². The molecule has 30 heavy (non-hydrogen) atoms. The average Bonchev–Trinajstić information content (AvgIpc) is 2.81. The Morgan fingerprint density at radius 2 is 1.83 bits per heavy atom. The molecule has 2 amide bonds. The number of nitrogens with one attached hydrogen (secondary N) is 1. The lowest BCUT2D eigenvalue weighted by Crippen LogP contribution is -2.59. The van der Waals surface area contributed by atoms with Crippen molar-refractivity contribution in [3.8, 4) is 5.75 Å². The molecule has 1 saturated heterocycles. The molecule has 2 fully saturated rings. The number of rotatable bonds is 6. The van der Waals surface area contributed by atoms with Crippen LogP contribution >= 0.6 is 0 Å². The standard InChI is InChI=1S/C23H28N4O3/c1-30-18-15-24-21(25-16-18)22(29)27-13-11-23(12-14-27)10-9-19(23)26-20(28)8-7-17-5-3-2-4-6-17/h2-6,15-16,19H,7-14H2,1H3,(H,26,28). The van der Waals surface area contributed by atoms with E-state index in [4.69, 9.17) is 4.74 Å². The largest absolute Gasteiger partial charge is 0.494 e. The number of benzene rings is 1. The Balaban J connectivity index is 1.27. The summed E-state index contributed by atoms with van der Waals surface area (Å²) in [4.78, 5) is 35.2. The summed E-state index contributed by atoms with van der Waals surface area (Å²) >= 11 is 0. The van der Waals surface area contributed by atoms with Gasteiger partial charge in [0.2, 0.25) is 11.7 Å². The van der Waals surface area contributed by atoms with Gasteiger partial charge < -0.3 is 15.0 Å². The zero-order valence-corrected chi connectivity index (χ0v) is 17.3. The minimum absolute atomic E-state index is 0.119. The molecular weight excluding hydrogens is 380 g/mol. The van der Waals surface area contributed by atoms with Gasteiger partial charge in [0.25, 0.3) is 5.91 Å². The maximum Gasteiger partial charge on any atom is 0.291 e. The molecule has 2 aliphatic rings. The number of hydrogen-bond donors (Lipinski definition) is 1. The van der Waals surface area contributed by atoms with Crippen LogP contribution in [-0.2, 0) is 11.2 Å². The van der Waals surface area contributed by atoms with Gasteiger partial charge in [-0.3, -0.25) is 9.59 Å². The van der Waals surface area contributed by atoms with E-state index >= 15 is 0 Å². The van der Waals surface area contributed by atoms with Crippen molar-refractivity contribution >= 4 is 11.8 Å². The maximum atomic E-state index is 12.7. The molecule has 1 atom stereocenters. The van der Waals surface area contributed by atoms with Crippen molar-refractivity contribution < 1.29 is 14.3 Å². The van der Waals surface area contributed by atoms with Crippen LogP contribution in [0.3, 0.4) is 0 Å². The Morgan fingerprint density at radius 3 is 2.43 bits per heavy atom. The van der Waals surface area contributed by atoms with Crippen LogP contribution in [0.15, 0.2) is 42.7 Å². The molecule has 0 bridgehead atoms. The number of amides is 2. The molecule has 1 unspecified atom stereocenters. The third-order valence-corrected chi connectivity index (χ3v) is 6.59. The van der Waals surface area contributed by atoms with Crippen LogP contribution in [0, 0.1) is 5.41 Å². The third-order valence-electron chi connectivity index (χ3n) is 6.59. The summed E-state index contributed by atoms with van der Waals surface area (Å²) < 4.78 is 5.05. The van der Waals surface area contributed by atoms with Crippen LogP contribution in [0.5, 0.6) is 5.75 Å². The highest BCUT2D eigenvalue weighted by Gasteiger charge is 2.49. The predicted molar refractivity (Wildman–Crippen MR) is 112 cm³/mol. The fourth-order valence-electron chi connectivity index (χ4n) is 4.52. The lowest BCUT2D eigenvalue weighted by atomic mass is 9.59. The molecule has 1 aromatic carbocycles. The minimum atomic E-state index is -0.143. The summed E-state index contributed by atoms with van der Waals surface area (Å²) in [5.74, 6) is 0.707. The van der Waals surface area contributed by atoms with Crippen molar-refractivity contribution in [3.05, 3.63) is 54.1 Å². The van der Waals surface area contributed by atoms with E-state index in [2.05, 4.69) is 27.4 Å². The van der Waals surface area contributed by atoms with Gasteiger partial charge in [-0.25, -0.2) is 9.97 Å². The second kappa shape index (κ2) is 8.81. The second-order valence-electron chi connectivity index (χ2n) is 8.25. The van der Waals surface area contributed by atoms with Crippen molar-refractivity contribution in [2.45, 2.75) is 44.6 Å². The number of carbonyl (C=O) groups excluding carboxylic acids is 2. The summed E-state index contributed by atoms with van der Waals surface area (Å²) in [5, 5.41) is 3.25. The van der Waals surface area contributed by atoms with Crippen LogP contribution in [0.25, 0.3) is 0 Å². The summed E-state index contributed by atoms with van der Waals surface area (Å²) in [5.41, 5.74) is 1.31. The number of ether oxygens (including phenoxy) is 1. The quantitative estimate of drug-likeness (QED) is 0.794. The molecule has 1 aliphatic heterocycles. The van der Waals surface area contributed by atoms with Gasteiger partial charge in [-0.05, 0) is 43.1 Å². The molecule has 7 heteroatoms. The lowest BCUT2D eigenvalue weighted by molar-refractivity contribution is -0.125. The van der Waals surface area contributed by atoms with Crippen LogP contribution < -0.4 is 10.1 Å². The number of carbonyl (C=O) groups is 2. The van der Waals surface area contributed by atoms with Crippen molar-refractivity contribution in [1.82, 2.24) is 20.2 Å². The molecule has 7 nitrogen and oxygen atoms in total. The molecule has 1 spiro atoms. The van der Waals surface area contributed by atoms with Gasteiger partial charge >= 0.3 is 0 Å². The minimum Gasteiger partial charge on any atom is -0.494 e. The number of nitrogens with zero attached hydrogens (tertiary/aromatic N) is 3. The molecular formula is C23H28N4O3. The van der Waals surface area contributed by atoms with Gasteiger partial charge in [0.1, 0.15) is 0 Å². The Morgan fingerprint density at radius 1 is 1.13 bits per heavy atom. The number of hydrogen-bond acceptors (Lipinski definition) is 5. The van der Waals surface area contributed by atoms with Gasteiger partial charge in [0.05, 0.1) is 19.5 Å². The van der Waals surface area contributed by atoms with Crippen molar-refractivity contribution in [1.29, 1.82) is 0 Å². The highest BCUT2D eigenvalue weighted by atomic mass is 16.5. The normalized spacial score (nSPS) is 19.8. The van der Waals surface area contributed by atoms with E-state index in [0.717, 1.165) is 32.1 Å². The fraction of sp³-hybridized carbons (Fsp3) is 0.478. The second-order valence-corrected chi connectivity index (χ2v) is 8.25. The van der Waals surface area contributed by atoms with Gasteiger partial charge in [0.15, 0.2) is 5.75 Å².